The first-order valence-corrected chi connectivity index (χ1v) is 10.5. The molecule has 1 fully saturated rings. The third-order valence-corrected chi connectivity index (χ3v) is 5.43. The van der Waals surface area contributed by atoms with Crippen LogP contribution in [0.2, 0.25) is 0 Å². The summed E-state index contributed by atoms with van der Waals surface area (Å²) in [4.78, 5) is 31.7. The zero-order chi connectivity index (χ0) is 22.3. The summed E-state index contributed by atoms with van der Waals surface area (Å²) < 4.78 is 5.51. The molecule has 0 saturated carbocycles. The highest BCUT2D eigenvalue weighted by molar-refractivity contribution is 5.91. The van der Waals surface area contributed by atoms with Crippen molar-refractivity contribution in [2.75, 3.05) is 26.2 Å². The van der Waals surface area contributed by atoms with Crippen molar-refractivity contribution in [2.24, 2.45) is 0 Å². The van der Waals surface area contributed by atoms with Crippen molar-refractivity contribution >= 4 is 11.6 Å². The quantitative estimate of drug-likeness (QED) is 0.428. The fourth-order valence-electron chi connectivity index (χ4n) is 3.68. The van der Waals surface area contributed by atoms with Gasteiger partial charge in [-0.1, -0.05) is 42.5 Å². The van der Waals surface area contributed by atoms with E-state index in [4.69, 9.17) is 4.42 Å². The monoisotopic (exact) mass is 435 g/mol. The molecule has 0 spiro atoms. The Balaban J connectivity index is 1.23. The van der Waals surface area contributed by atoms with Crippen LogP contribution in [0.1, 0.15) is 27.5 Å². The maximum absolute atomic E-state index is 12.3. The number of piperazine rings is 1. The van der Waals surface area contributed by atoms with Gasteiger partial charge in [0, 0.05) is 51.4 Å². The van der Waals surface area contributed by atoms with Crippen LogP contribution in [0.4, 0.5) is 5.69 Å². The van der Waals surface area contributed by atoms with Crippen LogP contribution < -0.4 is 5.32 Å². The molecule has 0 aliphatic carbocycles. The Labute approximate surface area is 185 Å². The molecular formula is C23H25N5O4. The van der Waals surface area contributed by atoms with E-state index in [2.05, 4.69) is 20.1 Å². The lowest BCUT2D eigenvalue weighted by atomic mass is 10.1. The van der Waals surface area contributed by atoms with Crippen molar-refractivity contribution in [2.45, 2.75) is 19.6 Å². The molecule has 9 heteroatoms. The number of benzene rings is 2. The number of nitrogens with one attached hydrogen (secondary N) is 1. The summed E-state index contributed by atoms with van der Waals surface area (Å²) in [7, 11) is 0. The summed E-state index contributed by atoms with van der Waals surface area (Å²) in [6.07, 6.45) is 1.40. The summed E-state index contributed by atoms with van der Waals surface area (Å²) in [5, 5.41) is 13.8. The summed E-state index contributed by atoms with van der Waals surface area (Å²) in [6, 6.07) is 16.5. The Morgan fingerprint density at radius 3 is 2.41 bits per heavy atom. The topological polar surface area (TPSA) is 105 Å². The second-order valence-electron chi connectivity index (χ2n) is 7.77. The number of carbonyl (C=O) groups is 1. The zero-order valence-corrected chi connectivity index (χ0v) is 17.6. The molecule has 1 N–H and O–H groups in total. The molecule has 1 saturated heterocycles. The lowest BCUT2D eigenvalue weighted by Gasteiger charge is -2.33. The highest BCUT2D eigenvalue weighted by Crippen LogP contribution is 2.16. The van der Waals surface area contributed by atoms with Crippen molar-refractivity contribution in [1.82, 2.24) is 20.1 Å². The van der Waals surface area contributed by atoms with E-state index in [0.717, 1.165) is 37.3 Å². The van der Waals surface area contributed by atoms with Crippen LogP contribution in [-0.4, -0.2) is 51.8 Å². The molecule has 0 bridgehead atoms. The van der Waals surface area contributed by atoms with Crippen molar-refractivity contribution in [1.29, 1.82) is 0 Å². The van der Waals surface area contributed by atoms with Gasteiger partial charge in [0.05, 0.1) is 11.5 Å². The molecule has 166 valence electrons. The van der Waals surface area contributed by atoms with Gasteiger partial charge in [-0.05, 0) is 11.1 Å². The fourth-order valence-corrected chi connectivity index (χ4v) is 3.68. The Morgan fingerprint density at radius 1 is 1.00 bits per heavy atom. The van der Waals surface area contributed by atoms with E-state index in [1.807, 2.05) is 36.4 Å². The minimum Gasteiger partial charge on any atom is -0.447 e. The van der Waals surface area contributed by atoms with E-state index < -0.39 is 0 Å². The van der Waals surface area contributed by atoms with E-state index >= 15 is 0 Å². The number of nitro benzene ring substituents is 1. The van der Waals surface area contributed by atoms with E-state index in [1.54, 1.807) is 12.1 Å². The average molecular weight is 435 g/mol. The molecule has 0 unspecified atom stereocenters. The number of oxazole rings is 1. The molecule has 1 aliphatic heterocycles. The number of aromatic nitrogens is 1. The number of nitro groups is 1. The first-order chi connectivity index (χ1) is 15.6. The van der Waals surface area contributed by atoms with Gasteiger partial charge >= 0.3 is 0 Å². The molecule has 1 aromatic heterocycles. The molecule has 32 heavy (non-hydrogen) atoms. The Hall–Kier alpha value is -3.56. The van der Waals surface area contributed by atoms with Gasteiger partial charge in [0.2, 0.25) is 5.89 Å². The van der Waals surface area contributed by atoms with Crippen LogP contribution in [0.15, 0.2) is 65.3 Å². The Kier molecular flexibility index (Phi) is 6.88. The van der Waals surface area contributed by atoms with Gasteiger partial charge < -0.3 is 9.73 Å². The maximum atomic E-state index is 12.3. The predicted molar refractivity (Wildman–Crippen MR) is 118 cm³/mol. The first kappa shape index (κ1) is 21.7. The average Bonchev–Trinajstić information content (AvgIpc) is 3.28. The minimum absolute atomic E-state index is 0.119. The zero-order valence-electron chi connectivity index (χ0n) is 17.6. The van der Waals surface area contributed by atoms with E-state index in [9.17, 15) is 14.9 Å². The lowest BCUT2D eigenvalue weighted by Crippen LogP contribution is -2.45. The van der Waals surface area contributed by atoms with Gasteiger partial charge in [-0.2, -0.15) is 0 Å². The molecule has 2 aromatic carbocycles. The molecule has 0 atom stereocenters. The summed E-state index contributed by atoms with van der Waals surface area (Å²) in [5.41, 5.74) is 2.35. The van der Waals surface area contributed by atoms with Crippen molar-refractivity contribution in [3.63, 3.8) is 0 Å². The van der Waals surface area contributed by atoms with Crippen LogP contribution in [0.3, 0.4) is 0 Å². The number of carbonyl (C=O) groups excluding carboxylic acids is 1. The largest absolute Gasteiger partial charge is 0.447 e. The normalized spacial score (nSPS) is 14.9. The number of amides is 1. The van der Waals surface area contributed by atoms with Crippen LogP contribution in [0, 0.1) is 10.1 Å². The van der Waals surface area contributed by atoms with Crippen LogP contribution in [0.5, 0.6) is 0 Å². The molecular weight excluding hydrogens is 410 g/mol. The van der Waals surface area contributed by atoms with Crippen molar-refractivity contribution in [3.05, 3.63) is 93.7 Å². The molecule has 9 nitrogen and oxygen atoms in total. The lowest BCUT2D eigenvalue weighted by molar-refractivity contribution is -0.384. The van der Waals surface area contributed by atoms with Crippen molar-refractivity contribution < 1.29 is 14.1 Å². The van der Waals surface area contributed by atoms with E-state index in [-0.39, 0.29) is 22.2 Å². The second kappa shape index (κ2) is 10.2. The highest BCUT2D eigenvalue weighted by Gasteiger charge is 2.20. The number of rotatable bonds is 8. The number of nitrogens with zero attached hydrogens (tertiary/aromatic N) is 4. The van der Waals surface area contributed by atoms with Crippen LogP contribution in [0.25, 0.3) is 0 Å². The summed E-state index contributed by atoms with van der Waals surface area (Å²) >= 11 is 0. The maximum Gasteiger partial charge on any atom is 0.273 e. The summed E-state index contributed by atoms with van der Waals surface area (Å²) in [5.74, 6) is 0.257. The van der Waals surface area contributed by atoms with Gasteiger partial charge in [0.15, 0.2) is 5.69 Å². The van der Waals surface area contributed by atoms with Gasteiger partial charge in [-0.3, -0.25) is 24.7 Å². The summed E-state index contributed by atoms with van der Waals surface area (Å²) in [6.45, 7) is 4.99. The fraction of sp³-hybridized carbons (Fsp3) is 0.304. The number of hydrogen-bond donors (Lipinski definition) is 1. The van der Waals surface area contributed by atoms with Gasteiger partial charge in [0.25, 0.3) is 11.6 Å². The Morgan fingerprint density at radius 2 is 1.69 bits per heavy atom. The standard InChI is InChI=1S/C23H25N5O4/c29-23(24-14-18-5-2-1-3-6-18)21-17-32-22(25-21)16-27-11-9-26(10-12-27)15-19-7-4-8-20(13-19)28(30)31/h1-8,13,17H,9-12,14-16H2,(H,24,29). The smallest absolute Gasteiger partial charge is 0.273 e. The molecule has 2 heterocycles. The number of hydrogen-bond acceptors (Lipinski definition) is 7. The third kappa shape index (κ3) is 5.77. The van der Waals surface area contributed by atoms with Crippen LogP contribution in [-0.2, 0) is 19.6 Å². The van der Waals surface area contributed by atoms with Gasteiger partial charge in [-0.15, -0.1) is 0 Å². The van der Waals surface area contributed by atoms with Crippen LogP contribution >= 0.6 is 0 Å². The predicted octanol–water partition coefficient (Wildman–Crippen LogP) is 2.83. The molecule has 0 radical (unpaired) electrons. The number of non-ortho nitro benzene ring substituents is 1. The molecule has 1 aliphatic rings. The van der Waals surface area contributed by atoms with Gasteiger partial charge in [-0.25, -0.2) is 4.98 Å². The Bertz CT molecular complexity index is 1060. The van der Waals surface area contributed by atoms with E-state index in [1.165, 1.54) is 12.3 Å². The van der Waals surface area contributed by atoms with Gasteiger partial charge in [0.1, 0.15) is 6.26 Å². The van der Waals surface area contributed by atoms with E-state index in [0.29, 0.717) is 25.5 Å². The molecule has 1 amide bonds. The minimum atomic E-state index is -0.367. The second-order valence-corrected chi connectivity index (χ2v) is 7.77. The first-order valence-electron chi connectivity index (χ1n) is 10.5. The third-order valence-electron chi connectivity index (χ3n) is 5.43. The molecule has 4 rings (SSSR count). The van der Waals surface area contributed by atoms with Crippen molar-refractivity contribution in [3.8, 4) is 0 Å². The SMILES string of the molecule is O=C(NCc1ccccc1)c1coc(CN2CCN(Cc3cccc([N+](=O)[O-])c3)CC2)n1. The molecule has 3 aromatic rings. The highest BCUT2D eigenvalue weighted by atomic mass is 16.6.